The quantitative estimate of drug-likeness (QED) is 0.480. The molecular formula is C5H18N3O4P. The molecule has 0 saturated heterocycles. The highest BCUT2D eigenvalue weighted by Crippen LogP contribution is 2.30. The fraction of sp³-hybridized carbons (Fsp3) is 0.800. The molecule has 0 heterocycles. The van der Waals surface area contributed by atoms with Crippen LogP contribution in [0.25, 0.3) is 0 Å². The SMILES string of the molecule is CP(=O)([O-])CC[C@H](N)C(=O)[O-].[NH4+].[NH4+]. The first-order valence-electron chi connectivity index (χ1n) is 3.07. The van der Waals surface area contributed by atoms with E-state index in [-0.39, 0.29) is 24.9 Å². The number of carbonyl (C=O) groups excluding carboxylic acids is 1. The third-order valence-electron chi connectivity index (χ3n) is 1.15. The highest BCUT2D eigenvalue weighted by molar-refractivity contribution is 7.55. The van der Waals surface area contributed by atoms with Crippen LogP contribution in [0.4, 0.5) is 0 Å². The molecule has 0 spiro atoms. The van der Waals surface area contributed by atoms with Crippen molar-refractivity contribution in [1.29, 1.82) is 0 Å². The Morgan fingerprint density at radius 1 is 1.54 bits per heavy atom. The van der Waals surface area contributed by atoms with E-state index in [1.165, 1.54) is 0 Å². The average Bonchev–Trinajstić information content (AvgIpc) is 1.80. The third-order valence-corrected chi connectivity index (χ3v) is 2.22. The smallest absolute Gasteiger partial charge is 0.0582 e. The van der Waals surface area contributed by atoms with Crippen LogP contribution in [0, 0.1) is 0 Å². The molecule has 0 bridgehead atoms. The van der Waals surface area contributed by atoms with Gasteiger partial charge in [0.05, 0.1) is 5.97 Å². The first-order chi connectivity index (χ1) is 4.83. The fourth-order valence-corrected chi connectivity index (χ4v) is 1.24. The van der Waals surface area contributed by atoms with Gasteiger partial charge in [-0.3, -0.25) is 0 Å². The molecule has 10 N–H and O–H groups in total. The van der Waals surface area contributed by atoms with Gasteiger partial charge in [-0.15, -0.1) is 0 Å². The van der Waals surface area contributed by atoms with Gasteiger partial charge in [-0.25, -0.2) is 0 Å². The standard InChI is InChI=1S/C5H12NO4P.2H3N/c1-11(9,10)3-2-4(6)5(7)8;;/h4H,2-3,6H2,1H3,(H,7,8)(H,9,10);2*1H3/t4-;;/m0../s1. The Morgan fingerprint density at radius 2 is 1.92 bits per heavy atom. The van der Waals surface area contributed by atoms with Gasteiger partial charge in [0.25, 0.3) is 0 Å². The lowest BCUT2D eigenvalue weighted by molar-refractivity contribution is -0.307. The Hall–Kier alpha value is -0.460. The highest BCUT2D eigenvalue weighted by Gasteiger charge is 2.06. The molecule has 0 aromatic heterocycles. The van der Waals surface area contributed by atoms with E-state index in [9.17, 15) is 19.4 Å². The van der Waals surface area contributed by atoms with Gasteiger partial charge in [-0.1, -0.05) is 0 Å². The largest absolute Gasteiger partial charge is 0.799 e. The Bertz CT molecular complexity index is 192. The Kier molecular flexibility index (Phi) is 9.87. The molecule has 0 saturated carbocycles. The Labute approximate surface area is 76.9 Å². The molecule has 0 aromatic carbocycles. The number of hydrogen-bond acceptors (Lipinski definition) is 5. The van der Waals surface area contributed by atoms with Crippen LogP contribution in [0.1, 0.15) is 6.42 Å². The Morgan fingerprint density at radius 3 is 2.15 bits per heavy atom. The molecule has 0 aliphatic rings. The zero-order valence-electron chi connectivity index (χ0n) is 8.15. The van der Waals surface area contributed by atoms with Gasteiger partial charge in [-0.2, -0.15) is 0 Å². The van der Waals surface area contributed by atoms with Crippen LogP contribution in [0.2, 0.25) is 0 Å². The lowest BCUT2D eigenvalue weighted by Crippen LogP contribution is -2.42. The molecule has 82 valence electrons. The van der Waals surface area contributed by atoms with Crippen LogP contribution in [0.15, 0.2) is 0 Å². The van der Waals surface area contributed by atoms with E-state index >= 15 is 0 Å². The molecule has 0 fully saturated rings. The maximum absolute atomic E-state index is 10.5. The van der Waals surface area contributed by atoms with Crippen molar-refractivity contribution in [3.05, 3.63) is 0 Å². The van der Waals surface area contributed by atoms with E-state index in [4.69, 9.17) is 5.73 Å². The van der Waals surface area contributed by atoms with E-state index in [2.05, 4.69) is 0 Å². The number of hydrogen-bond donors (Lipinski definition) is 3. The zero-order chi connectivity index (χ0) is 9.07. The third kappa shape index (κ3) is 11.5. The molecule has 0 amide bonds. The van der Waals surface area contributed by atoms with Gasteiger partial charge in [0, 0.05) is 13.4 Å². The van der Waals surface area contributed by atoms with E-state index in [1.807, 2.05) is 0 Å². The second kappa shape index (κ2) is 6.99. The molecule has 2 atom stereocenters. The van der Waals surface area contributed by atoms with Crippen LogP contribution >= 0.6 is 7.37 Å². The summed E-state index contributed by atoms with van der Waals surface area (Å²) in [5.74, 6) is -1.42. The first-order valence-corrected chi connectivity index (χ1v) is 5.32. The van der Waals surface area contributed by atoms with Crippen molar-refractivity contribution in [2.45, 2.75) is 12.5 Å². The summed E-state index contributed by atoms with van der Waals surface area (Å²) in [6, 6.07) is -1.18. The highest BCUT2D eigenvalue weighted by atomic mass is 31.2. The number of carbonyl (C=O) groups is 1. The van der Waals surface area contributed by atoms with Crippen molar-refractivity contribution in [1.82, 2.24) is 12.3 Å². The molecule has 0 rings (SSSR count). The predicted molar refractivity (Wildman–Crippen MR) is 48.0 cm³/mol. The second-order valence-corrected chi connectivity index (χ2v) is 4.93. The number of rotatable bonds is 4. The Balaban J connectivity index is -0.000000500. The summed E-state index contributed by atoms with van der Waals surface area (Å²) in [5, 5.41) is 9.99. The predicted octanol–water partition coefficient (Wildman–Crippen LogP) is -1.53. The van der Waals surface area contributed by atoms with E-state index < -0.39 is 19.4 Å². The lowest BCUT2D eigenvalue weighted by Gasteiger charge is -2.20. The molecular weight excluding hydrogens is 197 g/mol. The topological polar surface area (TPSA) is 179 Å². The molecule has 13 heavy (non-hydrogen) atoms. The summed E-state index contributed by atoms with van der Waals surface area (Å²) >= 11 is 0. The van der Waals surface area contributed by atoms with Gasteiger partial charge in [0.15, 0.2) is 0 Å². The van der Waals surface area contributed by atoms with Crippen LogP contribution in [-0.4, -0.2) is 24.8 Å². The summed E-state index contributed by atoms with van der Waals surface area (Å²) in [6.07, 6.45) is -0.276. The van der Waals surface area contributed by atoms with Crippen molar-refractivity contribution >= 4 is 13.3 Å². The molecule has 7 nitrogen and oxygen atoms in total. The number of aliphatic carboxylic acids is 1. The van der Waals surface area contributed by atoms with Crippen LogP contribution in [0.3, 0.4) is 0 Å². The summed E-state index contributed by atoms with van der Waals surface area (Å²) in [5.41, 5.74) is 5.00. The molecule has 0 aliphatic heterocycles. The average molecular weight is 215 g/mol. The first kappa shape index (κ1) is 18.3. The molecule has 0 aromatic rings. The maximum atomic E-state index is 10.5. The van der Waals surface area contributed by atoms with Gasteiger partial charge < -0.3 is 37.4 Å². The number of carboxylic acids is 1. The summed E-state index contributed by atoms with van der Waals surface area (Å²) in [6.45, 7) is 1.05. The fourth-order valence-electron chi connectivity index (χ4n) is 0.491. The van der Waals surface area contributed by atoms with Crippen molar-refractivity contribution in [2.75, 3.05) is 12.8 Å². The minimum atomic E-state index is -3.38. The van der Waals surface area contributed by atoms with Crippen molar-refractivity contribution in [2.24, 2.45) is 5.73 Å². The summed E-state index contributed by atoms with van der Waals surface area (Å²) in [4.78, 5) is 20.5. The van der Waals surface area contributed by atoms with Crippen LogP contribution in [-0.2, 0) is 9.36 Å². The molecule has 8 heteroatoms. The number of nitrogens with two attached hydrogens (primary N) is 1. The van der Waals surface area contributed by atoms with Gasteiger partial charge in [-0.05, 0) is 19.2 Å². The van der Waals surface area contributed by atoms with Crippen molar-refractivity contribution in [3.63, 3.8) is 0 Å². The minimum Gasteiger partial charge on any atom is -0.799 e. The second-order valence-electron chi connectivity index (χ2n) is 2.45. The maximum Gasteiger partial charge on any atom is 0.0582 e. The van der Waals surface area contributed by atoms with Gasteiger partial charge >= 0.3 is 0 Å². The minimum absolute atomic E-state index is 0. The van der Waals surface area contributed by atoms with Crippen LogP contribution in [0.5, 0.6) is 0 Å². The summed E-state index contributed by atoms with van der Waals surface area (Å²) in [7, 11) is -3.38. The monoisotopic (exact) mass is 215 g/mol. The normalized spacial score (nSPS) is 15.9. The van der Waals surface area contributed by atoms with Crippen molar-refractivity contribution in [3.8, 4) is 0 Å². The number of quaternary nitrogens is 2. The molecule has 1 unspecified atom stereocenters. The van der Waals surface area contributed by atoms with Gasteiger partial charge in [0.1, 0.15) is 0 Å². The van der Waals surface area contributed by atoms with Crippen LogP contribution < -0.4 is 28.0 Å². The lowest BCUT2D eigenvalue weighted by atomic mass is 10.2. The van der Waals surface area contributed by atoms with E-state index in [1.54, 1.807) is 0 Å². The van der Waals surface area contributed by atoms with Gasteiger partial charge in [0.2, 0.25) is 0 Å². The van der Waals surface area contributed by atoms with E-state index in [0.717, 1.165) is 6.66 Å². The van der Waals surface area contributed by atoms with E-state index in [0.29, 0.717) is 0 Å². The molecule has 0 radical (unpaired) electrons. The molecule has 0 aliphatic carbocycles. The number of carboxylic acid groups (broad SMARTS) is 1. The summed E-state index contributed by atoms with van der Waals surface area (Å²) < 4.78 is 10.5. The zero-order valence-corrected chi connectivity index (χ0v) is 9.04. The van der Waals surface area contributed by atoms with Crippen molar-refractivity contribution < 1.29 is 19.4 Å².